The molecule has 2 heteroatoms. The third kappa shape index (κ3) is 3.59. The van der Waals surface area contributed by atoms with E-state index in [1.54, 1.807) is 0 Å². The summed E-state index contributed by atoms with van der Waals surface area (Å²) in [6.45, 7) is 3.04. The van der Waals surface area contributed by atoms with Gasteiger partial charge in [-0.25, -0.2) is 0 Å². The predicted octanol–water partition coefficient (Wildman–Crippen LogP) is 4.68. The Balaban J connectivity index is 2.25. The summed E-state index contributed by atoms with van der Waals surface area (Å²) >= 11 is 6.37. The normalized spacial score (nSPS) is 10.7. The standard InChI is InChI=1S/C17H20ClN/c1-3-4-13-5-8-15(9-6-13)16-10-7-14(12-19-2)11-17(16)18/h5-11,19H,3-4,12H2,1-2H3. The lowest BCUT2D eigenvalue weighted by Crippen LogP contribution is -2.04. The third-order valence-corrected chi connectivity index (χ3v) is 3.53. The average Bonchev–Trinajstić information content (AvgIpc) is 2.41. The molecule has 19 heavy (non-hydrogen) atoms. The van der Waals surface area contributed by atoms with Gasteiger partial charge >= 0.3 is 0 Å². The van der Waals surface area contributed by atoms with Gasteiger partial charge in [0.15, 0.2) is 0 Å². The molecule has 0 radical (unpaired) electrons. The molecule has 0 bridgehead atoms. The van der Waals surface area contributed by atoms with Gasteiger partial charge in [0.05, 0.1) is 0 Å². The van der Waals surface area contributed by atoms with Crippen LogP contribution in [-0.4, -0.2) is 7.05 Å². The minimum Gasteiger partial charge on any atom is -0.316 e. The van der Waals surface area contributed by atoms with Gasteiger partial charge < -0.3 is 5.32 Å². The highest BCUT2D eigenvalue weighted by molar-refractivity contribution is 6.33. The molecule has 2 aromatic carbocycles. The van der Waals surface area contributed by atoms with Crippen LogP contribution < -0.4 is 5.32 Å². The van der Waals surface area contributed by atoms with Gasteiger partial charge in [0.1, 0.15) is 0 Å². The molecule has 2 aromatic rings. The Morgan fingerprint density at radius 1 is 1.00 bits per heavy atom. The second kappa shape index (κ2) is 6.74. The lowest BCUT2D eigenvalue weighted by molar-refractivity contribution is 0.818. The summed E-state index contributed by atoms with van der Waals surface area (Å²) < 4.78 is 0. The molecule has 0 aliphatic heterocycles. The molecule has 100 valence electrons. The van der Waals surface area contributed by atoms with Crippen molar-refractivity contribution in [3.63, 3.8) is 0 Å². The van der Waals surface area contributed by atoms with E-state index in [4.69, 9.17) is 11.6 Å². The Hall–Kier alpha value is -1.31. The molecular formula is C17H20ClN. The SMILES string of the molecule is CCCc1ccc(-c2ccc(CNC)cc2Cl)cc1. The fourth-order valence-corrected chi connectivity index (χ4v) is 2.56. The highest BCUT2D eigenvalue weighted by atomic mass is 35.5. The second-order valence-corrected chi connectivity index (χ2v) is 5.20. The Morgan fingerprint density at radius 2 is 1.68 bits per heavy atom. The fraction of sp³-hybridized carbons (Fsp3) is 0.294. The first-order valence-corrected chi connectivity index (χ1v) is 7.14. The monoisotopic (exact) mass is 273 g/mol. The summed E-state index contributed by atoms with van der Waals surface area (Å²) in [4.78, 5) is 0. The predicted molar refractivity (Wildman–Crippen MR) is 83.6 cm³/mol. The second-order valence-electron chi connectivity index (χ2n) is 4.79. The molecule has 1 nitrogen and oxygen atoms in total. The number of rotatable bonds is 5. The minimum atomic E-state index is 0.816. The molecule has 0 fully saturated rings. The molecule has 0 aromatic heterocycles. The van der Waals surface area contributed by atoms with E-state index in [0.29, 0.717) is 0 Å². The lowest BCUT2D eigenvalue weighted by atomic mass is 10.0. The van der Waals surface area contributed by atoms with Crippen molar-refractivity contribution >= 4 is 11.6 Å². The molecule has 0 saturated carbocycles. The van der Waals surface area contributed by atoms with Crippen molar-refractivity contribution in [3.05, 3.63) is 58.6 Å². The van der Waals surface area contributed by atoms with E-state index in [2.05, 4.69) is 48.6 Å². The summed E-state index contributed by atoms with van der Waals surface area (Å²) in [6.07, 6.45) is 2.31. The number of benzene rings is 2. The average molecular weight is 274 g/mol. The molecule has 1 N–H and O–H groups in total. The highest BCUT2D eigenvalue weighted by Crippen LogP contribution is 2.29. The van der Waals surface area contributed by atoms with Crippen LogP contribution in [0, 0.1) is 0 Å². The van der Waals surface area contributed by atoms with Crippen molar-refractivity contribution in [3.8, 4) is 11.1 Å². The highest BCUT2D eigenvalue weighted by Gasteiger charge is 2.04. The molecule has 0 aliphatic rings. The van der Waals surface area contributed by atoms with Gasteiger partial charge in [-0.3, -0.25) is 0 Å². The Morgan fingerprint density at radius 3 is 2.26 bits per heavy atom. The van der Waals surface area contributed by atoms with Crippen molar-refractivity contribution in [2.75, 3.05) is 7.05 Å². The van der Waals surface area contributed by atoms with E-state index in [-0.39, 0.29) is 0 Å². The maximum absolute atomic E-state index is 6.37. The van der Waals surface area contributed by atoms with Crippen molar-refractivity contribution in [1.29, 1.82) is 0 Å². The third-order valence-electron chi connectivity index (χ3n) is 3.22. The molecule has 0 spiro atoms. The first kappa shape index (κ1) is 14.1. The Labute approximate surface area is 120 Å². The van der Waals surface area contributed by atoms with Crippen molar-refractivity contribution in [2.45, 2.75) is 26.3 Å². The number of hydrogen-bond donors (Lipinski definition) is 1. The van der Waals surface area contributed by atoms with Crippen LogP contribution in [-0.2, 0) is 13.0 Å². The van der Waals surface area contributed by atoms with Gasteiger partial charge in [-0.2, -0.15) is 0 Å². The summed E-state index contributed by atoms with van der Waals surface area (Å²) in [5.41, 5.74) is 4.87. The maximum Gasteiger partial charge on any atom is 0.0487 e. The first-order valence-electron chi connectivity index (χ1n) is 6.77. The van der Waals surface area contributed by atoms with Crippen LogP contribution in [0.3, 0.4) is 0 Å². The summed E-state index contributed by atoms with van der Waals surface area (Å²) in [5.74, 6) is 0. The van der Waals surface area contributed by atoms with Gasteiger partial charge in [-0.05, 0) is 36.2 Å². The summed E-state index contributed by atoms with van der Waals surface area (Å²) in [5, 5.41) is 3.95. The summed E-state index contributed by atoms with van der Waals surface area (Å²) in [6, 6.07) is 15.0. The van der Waals surface area contributed by atoms with Crippen LogP contribution in [0.25, 0.3) is 11.1 Å². The van der Waals surface area contributed by atoms with Crippen LogP contribution in [0.2, 0.25) is 5.02 Å². The van der Waals surface area contributed by atoms with Crippen LogP contribution in [0.5, 0.6) is 0 Å². The zero-order valence-electron chi connectivity index (χ0n) is 11.5. The van der Waals surface area contributed by atoms with Gasteiger partial charge in [-0.15, -0.1) is 0 Å². The lowest BCUT2D eigenvalue weighted by Gasteiger charge is -2.08. The number of halogens is 1. The molecule has 0 saturated heterocycles. The van der Waals surface area contributed by atoms with Crippen LogP contribution in [0.4, 0.5) is 0 Å². The first-order chi connectivity index (χ1) is 9.24. The van der Waals surface area contributed by atoms with Crippen molar-refractivity contribution in [1.82, 2.24) is 5.32 Å². The van der Waals surface area contributed by atoms with E-state index in [0.717, 1.165) is 23.6 Å². The number of nitrogens with one attached hydrogen (secondary N) is 1. The van der Waals surface area contributed by atoms with E-state index >= 15 is 0 Å². The van der Waals surface area contributed by atoms with Gasteiger partial charge in [0, 0.05) is 17.1 Å². The number of aryl methyl sites for hydroxylation is 1. The van der Waals surface area contributed by atoms with Gasteiger partial charge in [-0.1, -0.05) is 61.3 Å². The largest absolute Gasteiger partial charge is 0.316 e. The maximum atomic E-state index is 6.37. The van der Waals surface area contributed by atoms with Gasteiger partial charge in [0.25, 0.3) is 0 Å². The molecule has 2 rings (SSSR count). The Bertz CT molecular complexity index is 531. The summed E-state index contributed by atoms with van der Waals surface area (Å²) in [7, 11) is 1.94. The van der Waals surface area contributed by atoms with E-state index in [9.17, 15) is 0 Å². The molecular weight excluding hydrogens is 254 g/mol. The van der Waals surface area contributed by atoms with Gasteiger partial charge in [0.2, 0.25) is 0 Å². The van der Waals surface area contributed by atoms with Crippen molar-refractivity contribution < 1.29 is 0 Å². The van der Waals surface area contributed by atoms with Crippen molar-refractivity contribution in [2.24, 2.45) is 0 Å². The molecule has 0 unspecified atom stereocenters. The Kier molecular flexibility index (Phi) is 5.00. The molecule has 0 atom stereocenters. The van der Waals surface area contributed by atoms with Crippen LogP contribution in [0.1, 0.15) is 24.5 Å². The van der Waals surface area contributed by atoms with E-state index in [1.807, 2.05) is 13.1 Å². The quantitative estimate of drug-likeness (QED) is 0.834. The van der Waals surface area contributed by atoms with E-state index < -0.39 is 0 Å². The fourth-order valence-electron chi connectivity index (χ4n) is 2.25. The molecule has 0 heterocycles. The zero-order valence-corrected chi connectivity index (χ0v) is 12.3. The van der Waals surface area contributed by atoms with Crippen LogP contribution >= 0.6 is 11.6 Å². The van der Waals surface area contributed by atoms with E-state index in [1.165, 1.54) is 23.1 Å². The number of hydrogen-bond acceptors (Lipinski definition) is 1. The van der Waals surface area contributed by atoms with Crippen LogP contribution in [0.15, 0.2) is 42.5 Å². The topological polar surface area (TPSA) is 12.0 Å². The molecule has 0 amide bonds. The zero-order chi connectivity index (χ0) is 13.7. The smallest absolute Gasteiger partial charge is 0.0487 e. The molecule has 0 aliphatic carbocycles. The minimum absolute atomic E-state index is 0.816.